The monoisotopic (exact) mass is 296 g/mol. The molecule has 88 valence electrons. The summed E-state index contributed by atoms with van der Waals surface area (Å²) in [5.41, 5.74) is 0.638. The first-order valence-corrected chi connectivity index (χ1v) is 5.61. The molecule has 2 rings (SSSR count). The van der Waals surface area contributed by atoms with E-state index in [1.807, 2.05) is 0 Å². The topological polar surface area (TPSA) is 90.6 Å². The van der Waals surface area contributed by atoms with Gasteiger partial charge in [0.1, 0.15) is 5.69 Å². The van der Waals surface area contributed by atoms with Crippen LogP contribution in [0.3, 0.4) is 0 Å². The maximum Gasteiger partial charge on any atom is 0.230 e. The molecule has 0 saturated heterocycles. The van der Waals surface area contributed by atoms with Crippen LogP contribution in [0.4, 0.5) is 5.69 Å². The second-order valence-corrected chi connectivity index (χ2v) is 4.21. The van der Waals surface area contributed by atoms with E-state index < -0.39 is 0 Å². The van der Waals surface area contributed by atoms with Gasteiger partial charge < -0.3 is 10.3 Å². The first kappa shape index (κ1) is 11.6. The van der Waals surface area contributed by atoms with Gasteiger partial charge in [0.25, 0.3) is 0 Å². The largest absolute Gasteiger partial charge is 0.365 e. The fourth-order valence-corrected chi connectivity index (χ4v) is 1.65. The molecule has 0 spiro atoms. The Balaban J connectivity index is 2.08. The minimum Gasteiger partial charge on any atom is -0.365 e. The molecule has 6 nitrogen and oxygen atoms in total. The van der Waals surface area contributed by atoms with E-state index in [2.05, 4.69) is 36.4 Å². The average Bonchev–Trinajstić information content (AvgIpc) is 2.77. The van der Waals surface area contributed by atoms with Gasteiger partial charge >= 0.3 is 0 Å². The minimum absolute atomic E-state index is 0.145. The maximum atomic E-state index is 11.6. The normalized spacial score (nSPS) is 10.2. The van der Waals surface area contributed by atoms with Crippen LogP contribution >= 0.6 is 15.9 Å². The summed E-state index contributed by atoms with van der Waals surface area (Å²) >= 11 is 3.09. The molecule has 0 aliphatic rings. The summed E-state index contributed by atoms with van der Waals surface area (Å²) in [6.07, 6.45) is 4.66. The summed E-state index contributed by atoms with van der Waals surface area (Å²) in [5.74, 6) is -0.280. The lowest BCUT2D eigenvalue weighted by Gasteiger charge is -2.03. The number of carbonyl (C=O) groups excluding carboxylic acids is 1. The summed E-state index contributed by atoms with van der Waals surface area (Å²) in [5, 5.41) is 8.94. The fraction of sp³-hybridized carbons (Fsp3) is 0.100. The van der Waals surface area contributed by atoms with Crippen LogP contribution in [0.15, 0.2) is 33.9 Å². The lowest BCUT2D eigenvalue weighted by molar-refractivity contribution is -0.115. The maximum absolute atomic E-state index is 11.6. The zero-order valence-corrected chi connectivity index (χ0v) is 10.2. The quantitative estimate of drug-likeness (QED) is 0.790. The van der Waals surface area contributed by atoms with E-state index in [9.17, 15) is 9.59 Å². The van der Waals surface area contributed by atoms with Crippen molar-refractivity contribution in [3.8, 4) is 0 Å². The second-order valence-electron chi connectivity index (χ2n) is 3.35. The van der Waals surface area contributed by atoms with E-state index in [1.54, 1.807) is 12.3 Å². The molecule has 0 atom stereocenters. The molecular formula is C10H9BrN4O2. The van der Waals surface area contributed by atoms with Crippen molar-refractivity contribution >= 4 is 27.5 Å². The predicted molar refractivity (Wildman–Crippen MR) is 65.7 cm³/mol. The third-order valence-electron chi connectivity index (χ3n) is 2.08. The Kier molecular flexibility index (Phi) is 3.38. The smallest absolute Gasteiger partial charge is 0.230 e. The number of hydrogen-bond acceptors (Lipinski definition) is 3. The van der Waals surface area contributed by atoms with E-state index in [0.29, 0.717) is 10.2 Å². The highest BCUT2D eigenvalue weighted by Gasteiger charge is 2.08. The van der Waals surface area contributed by atoms with Crippen LogP contribution in [-0.2, 0) is 11.2 Å². The van der Waals surface area contributed by atoms with Crippen molar-refractivity contribution in [3.05, 3.63) is 45.0 Å². The number of aromatic nitrogens is 3. The van der Waals surface area contributed by atoms with Crippen LogP contribution < -0.4 is 10.7 Å². The highest BCUT2D eigenvalue weighted by atomic mass is 79.9. The molecule has 2 heterocycles. The van der Waals surface area contributed by atoms with E-state index in [0.717, 1.165) is 0 Å². The predicted octanol–water partition coefficient (Wildman–Crippen LogP) is 1.04. The molecule has 0 aromatic carbocycles. The second kappa shape index (κ2) is 4.96. The molecular weight excluding hydrogens is 288 g/mol. The molecule has 0 bridgehead atoms. The van der Waals surface area contributed by atoms with Crippen LogP contribution in [0.5, 0.6) is 0 Å². The van der Waals surface area contributed by atoms with E-state index >= 15 is 0 Å². The lowest BCUT2D eigenvalue weighted by Crippen LogP contribution is -2.20. The fourth-order valence-electron chi connectivity index (χ4n) is 1.30. The Labute approximate surface area is 105 Å². The average molecular weight is 297 g/mol. The van der Waals surface area contributed by atoms with Crippen LogP contribution in [0.1, 0.15) is 5.69 Å². The zero-order chi connectivity index (χ0) is 12.3. The summed E-state index contributed by atoms with van der Waals surface area (Å²) in [4.78, 5) is 26.0. The van der Waals surface area contributed by atoms with E-state index in [1.165, 1.54) is 12.4 Å². The van der Waals surface area contributed by atoms with Crippen LogP contribution in [-0.4, -0.2) is 21.1 Å². The summed E-state index contributed by atoms with van der Waals surface area (Å²) < 4.78 is 0.372. The molecule has 1 amide bonds. The number of nitrogens with zero attached hydrogens (tertiary/aromatic N) is 1. The number of amides is 1. The van der Waals surface area contributed by atoms with Crippen molar-refractivity contribution < 1.29 is 4.79 Å². The van der Waals surface area contributed by atoms with Crippen molar-refractivity contribution in [1.29, 1.82) is 0 Å². The zero-order valence-electron chi connectivity index (χ0n) is 8.66. The van der Waals surface area contributed by atoms with Gasteiger partial charge in [-0.3, -0.25) is 14.7 Å². The summed E-state index contributed by atoms with van der Waals surface area (Å²) in [7, 11) is 0. The minimum atomic E-state index is -0.280. The molecule has 0 aliphatic heterocycles. The van der Waals surface area contributed by atoms with Gasteiger partial charge in [-0.15, -0.1) is 0 Å². The summed E-state index contributed by atoms with van der Waals surface area (Å²) in [6, 6.07) is 1.70. The SMILES string of the molecule is O=C(Cc1ccn[nH]1)Nc1c[nH]cc(Br)c1=O. The first-order valence-electron chi connectivity index (χ1n) is 4.81. The number of rotatable bonds is 3. The highest BCUT2D eigenvalue weighted by Crippen LogP contribution is 2.06. The Morgan fingerprint density at radius 2 is 2.29 bits per heavy atom. The first-order chi connectivity index (χ1) is 8.16. The van der Waals surface area contributed by atoms with Gasteiger partial charge in [0.05, 0.1) is 10.9 Å². The number of H-pyrrole nitrogens is 2. The highest BCUT2D eigenvalue weighted by molar-refractivity contribution is 9.10. The number of carbonyl (C=O) groups is 1. The third kappa shape index (κ3) is 2.82. The van der Waals surface area contributed by atoms with Gasteiger partial charge in [0, 0.05) is 24.3 Å². The number of pyridine rings is 1. The molecule has 17 heavy (non-hydrogen) atoms. The van der Waals surface area contributed by atoms with Crippen molar-refractivity contribution in [2.75, 3.05) is 5.32 Å². The van der Waals surface area contributed by atoms with Gasteiger partial charge in [-0.2, -0.15) is 5.10 Å². The van der Waals surface area contributed by atoms with Crippen LogP contribution in [0.2, 0.25) is 0 Å². The molecule has 2 aromatic rings. The molecule has 2 aromatic heterocycles. The van der Waals surface area contributed by atoms with Gasteiger partial charge in [0.15, 0.2) is 0 Å². The molecule has 0 unspecified atom stereocenters. The van der Waals surface area contributed by atoms with Gasteiger partial charge in [0.2, 0.25) is 11.3 Å². The van der Waals surface area contributed by atoms with Crippen LogP contribution in [0.25, 0.3) is 0 Å². The number of nitrogens with one attached hydrogen (secondary N) is 3. The summed E-state index contributed by atoms with van der Waals surface area (Å²) in [6.45, 7) is 0. The molecule has 0 saturated carbocycles. The Morgan fingerprint density at radius 1 is 1.47 bits per heavy atom. The van der Waals surface area contributed by atoms with Crippen molar-refractivity contribution in [1.82, 2.24) is 15.2 Å². The molecule has 0 fully saturated rings. The Hall–Kier alpha value is -1.89. The van der Waals surface area contributed by atoms with Gasteiger partial charge in [-0.1, -0.05) is 0 Å². The third-order valence-corrected chi connectivity index (χ3v) is 2.67. The molecule has 3 N–H and O–H groups in total. The number of hydrogen-bond donors (Lipinski definition) is 3. The number of anilines is 1. The van der Waals surface area contributed by atoms with Crippen LogP contribution in [0, 0.1) is 0 Å². The van der Waals surface area contributed by atoms with Gasteiger partial charge in [-0.25, -0.2) is 0 Å². The Morgan fingerprint density at radius 3 is 3.00 bits per heavy atom. The van der Waals surface area contributed by atoms with Crippen molar-refractivity contribution in [3.63, 3.8) is 0 Å². The lowest BCUT2D eigenvalue weighted by atomic mass is 10.3. The number of halogens is 1. The van der Waals surface area contributed by atoms with Crippen molar-refractivity contribution in [2.24, 2.45) is 0 Å². The van der Waals surface area contributed by atoms with E-state index in [-0.39, 0.29) is 23.4 Å². The Bertz CT molecular complexity index is 576. The molecule has 0 radical (unpaired) electrons. The van der Waals surface area contributed by atoms with Crippen molar-refractivity contribution in [2.45, 2.75) is 6.42 Å². The number of aromatic amines is 2. The molecule has 0 aliphatic carbocycles. The molecule has 7 heteroatoms. The standard InChI is InChI=1S/C10H9BrN4O2/c11-7-4-12-5-8(10(7)17)14-9(16)3-6-1-2-13-15-6/h1-2,4-5H,3H2,(H,12,17)(H,13,15)(H,14,16). The van der Waals surface area contributed by atoms with Gasteiger partial charge in [-0.05, 0) is 22.0 Å². The van der Waals surface area contributed by atoms with E-state index in [4.69, 9.17) is 0 Å².